The smallest absolute Gasteiger partial charge is 0.218 e. The molecule has 0 radical (unpaired) electrons. The summed E-state index contributed by atoms with van der Waals surface area (Å²) in [5.74, 6) is 0.604. The first-order chi connectivity index (χ1) is 8.70. The van der Waals surface area contributed by atoms with Gasteiger partial charge in [0.05, 0.1) is 0 Å². The number of ether oxygens (including phenoxy) is 1. The van der Waals surface area contributed by atoms with Crippen LogP contribution in [0.25, 0.3) is 0 Å². The Morgan fingerprint density at radius 3 is 2.61 bits per heavy atom. The van der Waals surface area contributed by atoms with E-state index in [0.717, 1.165) is 21.7 Å². The first kappa shape index (κ1) is 12.9. The van der Waals surface area contributed by atoms with Crippen LogP contribution in [0.1, 0.15) is 16.7 Å². The Bertz CT molecular complexity index is 526. The summed E-state index contributed by atoms with van der Waals surface area (Å²) in [4.78, 5) is 4.21. The highest BCUT2D eigenvalue weighted by atomic mass is 35.5. The highest BCUT2D eigenvalue weighted by Gasteiger charge is 2.06. The molecule has 0 saturated carbocycles. The van der Waals surface area contributed by atoms with Crippen LogP contribution < -0.4 is 10.5 Å². The highest BCUT2D eigenvalue weighted by molar-refractivity contribution is 6.30. The molecule has 0 unspecified atom stereocenters. The van der Waals surface area contributed by atoms with Crippen molar-refractivity contribution in [3.8, 4) is 5.88 Å². The molecule has 0 aliphatic carbocycles. The number of nitrogens with two attached hydrogens (primary N) is 1. The van der Waals surface area contributed by atoms with Gasteiger partial charge in [0.2, 0.25) is 5.88 Å². The van der Waals surface area contributed by atoms with Gasteiger partial charge in [-0.25, -0.2) is 4.98 Å². The van der Waals surface area contributed by atoms with Crippen LogP contribution in [0, 0.1) is 6.92 Å². The number of rotatable bonds is 4. The fourth-order valence-corrected chi connectivity index (χ4v) is 1.79. The maximum absolute atomic E-state index is 5.83. The van der Waals surface area contributed by atoms with Crippen molar-refractivity contribution < 1.29 is 4.74 Å². The lowest BCUT2D eigenvalue weighted by Crippen LogP contribution is -2.06. The third kappa shape index (κ3) is 3.00. The van der Waals surface area contributed by atoms with Crippen molar-refractivity contribution in [2.45, 2.75) is 20.1 Å². The van der Waals surface area contributed by atoms with Gasteiger partial charge in [-0.15, -0.1) is 0 Å². The average Bonchev–Trinajstić information content (AvgIpc) is 2.38. The molecule has 94 valence electrons. The summed E-state index contributed by atoms with van der Waals surface area (Å²) in [7, 11) is 0. The standard InChI is InChI=1S/C14H15ClN2O/c1-10-6-7-17-14(13(10)8-16)18-9-11-2-4-12(15)5-3-11/h2-7H,8-9,16H2,1H3. The van der Waals surface area contributed by atoms with Crippen molar-refractivity contribution >= 4 is 11.6 Å². The first-order valence-electron chi connectivity index (χ1n) is 5.72. The van der Waals surface area contributed by atoms with Crippen LogP contribution in [-0.2, 0) is 13.2 Å². The number of hydrogen-bond donors (Lipinski definition) is 1. The lowest BCUT2D eigenvalue weighted by molar-refractivity contribution is 0.290. The minimum absolute atomic E-state index is 0.426. The van der Waals surface area contributed by atoms with Crippen LogP contribution in [0.15, 0.2) is 36.5 Å². The largest absolute Gasteiger partial charge is 0.473 e. The molecule has 1 heterocycles. The minimum Gasteiger partial charge on any atom is -0.473 e. The zero-order valence-corrected chi connectivity index (χ0v) is 10.9. The van der Waals surface area contributed by atoms with Gasteiger partial charge in [-0.2, -0.15) is 0 Å². The van der Waals surface area contributed by atoms with Gasteiger partial charge >= 0.3 is 0 Å². The molecule has 0 aliphatic rings. The van der Waals surface area contributed by atoms with E-state index in [-0.39, 0.29) is 0 Å². The van der Waals surface area contributed by atoms with Gasteiger partial charge in [-0.1, -0.05) is 23.7 Å². The molecule has 3 nitrogen and oxygen atoms in total. The maximum atomic E-state index is 5.83. The summed E-state index contributed by atoms with van der Waals surface area (Å²) < 4.78 is 5.70. The number of halogens is 1. The predicted molar refractivity (Wildman–Crippen MR) is 72.6 cm³/mol. The third-order valence-corrected chi connectivity index (χ3v) is 3.00. The molecule has 1 aromatic heterocycles. The Hall–Kier alpha value is -1.58. The predicted octanol–water partition coefficient (Wildman–Crippen LogP) is 3.08. The summed E-state index contributed by atoms with van der Waals surface area (Å²) in [5, 5.41) is 0.718. The molecule has 0 amide bonds. The maximum Gasteiger partial charge on any atom is 0.218 e. The summed E-state index contributed by atoms with van der Waals surface area (Å²) in [6, 6.07) is 9.47. The minimum atomic E-state index is 0.426. The van der Waals surface area contributed by atoms with Crippen LogP contribution in [0.5, 0.6) is 5.88 Å². The van der Waals surface area contributed by atoms with E-state index < -0.39 is 0 Å². The number of pyridine rings is 1. The second kappa shape index (κ2) is 5.85. The molecule has 2 rings (SSSR count). The Labute approximate surface area is 112 Å². The molecule has 0 bridgehead atoms. The molecule has 4 heteroatoms. The van der Waals surface area contributed by atoms with E-state index in [9.17, 15) is 0 Å². The number of nitrogens with zero attached hydrogens (tertiary/aromatic N) is 1. The second-order valence-electron chi connectivity index (χ2n) is 4.03. The second-order valence-corrected chi connectivity index (χ2v) is 4.47. The van der Waals surface area contributed by atoms with E-state index in [0.29, 0.717) is 19.0 Å². The molecule has 0 atom stereocenters. The Morgan fingerprint density at radius 1 is 1.22 bits per heavy atom. The number of aromatic nitrogens is 1. The van der Waals surface area contributed by atoms with Crippen molar-refractivity contribution in [3.63, 3.8) is 0 Å². The van der Waals surface area contributed by atoms with E-state index >= 15 is 0 Å². The molecular formula is C14H15ClN2O. The number of hydrogen-bond acceptors (Lipinski definition) is 3. The van der Waals surface area contributed by atoms with E-state index in [2.05, 4.69) is 4.98 Å². The van der Waals surface area contributed by atoms with Crippen LogP contribution in [0.4, 0.5) is 0 Å². The monoisotopic (exact) mass is 262 g/mol. The fourth-order valence-electron chi connectivity index (χ4n) is 1.67. The van der Waals surface area contributed by atoms with Crippen molar-refractivity contribution in [2.24, 2.45) is 5.73 Å². The van der Waals surface area contributed by atoms with Crippen molar-refractivity contribution in [3.05, 3.63) is 58.2 Å². The molecule has 0 saturated heterocycles. The lowest BCUT2D eigenvalue weighted by atomic mass is 10.1. The van der Waals surface area contributed by atoms with Crippen molar-refractivity contribution in [1.82, 2.24) is 4.98 Å². The first-order valence-corrected chi connectivity index (χ1v) is 6.10. The quantitative estimate of drug-likeness (QED) is 0.921. The van der Waals surface area contributed by atoms with Gasteiger partial charge in [-0.05, 0) is 36.2 Å². The molecule has 2 aromatic rings. The summed E-state index contributed by atoms with van der Waals surface area (Å²) >= 11 is 5.83. The van der Waals surface area contributed by atoms with E-state index in [1.165, 1.54) is 0 Å². The molecule has 18 heavy (non-hydrogen) atoms. The Balaban J connectivity index is 2.10. The van der Waals surface area contributed by atoms with E-state index in [4.69, 9.17) is 22.1 Å². The van der Waals surface area contributed by atoms with Gasteiger partial charge in [0, 0.05) is 23.3 Å². The molecule has 0 spiro atoms. The molecule has 2 N–H and O–H groups in total. The number of benzene rings is 1. The SMILES string of the molecule is Cc1ccnc(OCc2ccc(Cl)cc2)c1CN. The zero-order valence-electron chi connectivity index (χ0n) is 10.2. The van der Waals surface area contributed by atoms with E-state index in [1.54, 1.807) is 6.20 Å². The Kier molecular flexibility index (Phi) is 4.18. The lowest BCUT2D eigenvalue weighted by Gasteiger charge is -2.11. The van der Waals surface area contributed by atoms with Crippen LogP contribution in [0.2, 0.25) is 5.02 Å². The fraction of sp³-hybridized carbons (Fsp3) is 0.214. The topological polar surface area (TPSA) is 48.1 Å². The summed E-state index contributed by atoms with van der Waals surface area (Å²) in [6.07, 6.45) is 1.73. The van der Waals surface area contributed by atoms with Crippen molar-refractivity contribution in [1.29, 1.82) is 0 Å². The van der Waals surface area contributed by atoms with Crippen LogP contribution >= 0.6 is 11.6 Å². The van der Waals surface area contributed by atoms with E-state index in [1.807, 2.05) is 37.3 Å². The molecule has 1 aromatic carbocycles. The molecule has 0 fully saturated rings. The van der Waals surface area contributed by atoms with Gasteiger partial charge in [0.15, 0.2) is 0 Å². The third-order valence-electron chi connectivity index (χ3n) is 2.74. The van der Waals surface area contributed by atoms with Gasteiger partial charge in [0.25, 0.3) is 0 Å². The Morgan fingerprint density at radius 2 is 1.94 bits per heavy atom. The van der Waals surface area contributed by atoms with Crippen molar-refractivity contribution in [2.75, 3.05) is 0 Å². The highest BCUT2D eigenvalue weighted by Crippen LogP contribution is 2.19. The van der Waals surface area contributed by atoms with Crippen LogP contribution in [0.3, 0.4) is 0 Å². The molecular weight excluding hydrogens is 248 g/mol. The summed E-state index contributed by atoms with van der Waals surface area (Å²) in [5.41, 5.74) is 8.80. The van der Waals surface area contributed by atoms with Gasteiger partial charge in [-0.3, -0.25) is 0 Å². The van der Waals surface area contributed by atoms with Gasteiger partial charge in [0.1, 0.15) is 6.61 Å². The molecule has 0 aliphatic heterocycles. The van der Waals surface area contributed by atoms with Crippen LogP contribution in [-0.4, -0.2) is 4.98 Å². The zero-order chi connectivity index (χ0) is 13.0. The average molecular weight is 263 g/mol. The normalized spacial score (nSPS) is 10.4. The summed E-state index contributed by atoms with van der Waals surface area (Å²) in [6.45, 7) is 2.88. The van der Waals surface area contributed by atoms with Gasteiger partial charge < -0.3 is 10.5 Å². The number of aryl methyl sites for hydroxylation is 1.